The zero-order valence-corrected chi connectivity index (χ0v) is 8.33. The van der Waals surface area contributed by atoms with Gasteiger partial charge in [0, 0.05) is 5.41 Å². The summed E-state index contributed by atoms with van der Waals surface area (Å²) in [7, 11) is 0. The number of hydrogen-bond acceptors (Lipinski definition) is 3. The first-order valence-corrected chi connectivity index (χ1v) is 4.64. The number of rotatable bonds is 1. The van der Waals surface area contributed by atoms with Crippen molar-refractivity contribution in [2.24, 2.45) is 0 Å². The Morgan fingerprint density at radius 2 is 2.00 bits per heavy atom. The molecule has 62 valence electrons. The molecule has 0 N–H and O–H groups in total. The Balaban J connectivity index is 2.89. The molecule has 11 heavy (non-hydrogen) atoms. The molecule has 0 aromatic carbocycles. The average Bonchev–Trinajstić information content (AvgIpc) is 2.32. The van der Waals surface area contributed by atoms with Crippen LogP contribution in [0.5, 0.6) is 0 Å². The summed E-state index contributed by atoms with van der Waals surface area (Å²) in [4.78, 5) is 4.41. The molecule has 1 heterocycles. The molecule has 0 amide bonds. The van der Waals surface area contributed by atoms with Crippen LogP contribution in [-0.2, 0) is 11.8 Å². The normalized spacial score (nSPS) is 12.0. The van der Waals surface area contributed by atoms with E-state index in [0.717, 1.165) is 17.3 Å². The van der Waals surface area contributed by atoms with Crippen molar-refractivity contribution in [3.63, 3.8) is 0 Å². The largest absolute Gasteiger partial charge is 0.224 e. The zero-order valence-electron chi connectivity index (χ0n) is 7.51. The van der Waals surface area contributed by atoms with Crippen molar-refractivity contribution in [3.05, 3.63) is 10.8 Å². The molecule has 0 bridgehead atoms. The van der Waals surface area contributed by atoms with Crippen molar-refractivity contribution < 1.29 is 0 Å². The first-order valence-electron chi connectivity index (χ1n) is 3.87. The molecule has 1 aromatic rings. The molecule has 0 saturated carbocycles. The van der Waals surface area contributed by atoms with Gasteiger partial charge in [0.05, 0.1) is 0 Å². The number of nitrogens with zero attached hydrogens (tertiary/aromatic N) is 2. The lowest BCUT2D eigenvalue weighted by molar-refractivity contribution is 0.553. The second kappa shape index (κ2) is 2.89. The summed E-state index contributed by atoms with van der Waals surface area (Å²) in [6, 6.07) is 0. The molecular weight excluding hydrogens is 156 g/mol. The molecule has 1 aromatic heterocycles. The molecule has 3 heteroatoms. The van der Waals surface area contributed by atoms with Crippen LogP contribution in [0.3, 0.4) is 0 Å². The minimum Gasteiger partial charge on any atom is -0.224 e. The second-order valence-electron chi connectivity index (χ2n) is 3.62. The maximum Gasteiger partial charge on any atom is 0.147 e. The van der Waals surface area contributed by atoms with Crippen LogP contribution in [0, 0.1) is 0 Å². The van der Waals surface area contributed by atoms with E-state index in [1.807, 2.05) is 0 Å². The topological polar surface area (TPSA) is 25.8 Å². The van der Waals surface area contributed by atoms with Gasteiger partial charge in [0.1, 0.15) is 10.8 Å². The highest BCUT2D eigenvalue weighted by Gasteiger charge is 2.18. The quantitative estimate of drug-likeness (QED) is 0.646. The smallest absolute Gasteiger partial charge is 0.147 e. The van der Waals surface area contributed by atoms with Crippen molar-refractivity contribution in [1.29, 1.82) is 0 Å². The molecule has 1 rings (SSSR count). The van der Waals surface area contributed by atoms with Crippen LogP contribution in [0.1, 0.15) is 38.5 Å². The summed E-state index contributed by atoms with van der Waals surface area (Å²) in [5, 5.41) is 1.13. The predicted molar refractivity (Wildman–Crippen MR) is 48.0 cm³/mol. The maximum absolute atomic E-state index is 4.41. The van der Waals surface area contributed by atoms with Gasteiger partial charge in [-0.1, -0.05) is 27.7 Å². The van der Waals surface area contributed by atoms with Gasteiger partial charge in [-0.25, -0.2) is 4.98 Å². The molecule has 0 unspecified atom stereocenters. The highest BCUT2D eigenvalue weighted by molar-refractivity contribution is 7.05. The zero-order chi connectivity index (χ0) is 8.48. The van der Waals surface area contributed by atoms with Gasteiger partial charge in [-0.15, -0.1) is 0 Å². The third-order valence-electron chi connectivity index (χ3n) is 1.44. The Morgan fingerprint density at radius 1 is 1.36 bits per heavy atom. The molecule has 0 atom stereocenters. The summed E-state index contributed by atoms with van der Waals surface area (Å²) in [6.07, 6.45) is 0.994. The SMILES string of the molecule is CCc1nc(C(C)(C)C)ns1. The molecule has 0 aliphatic rings. The van der Waals surface area contributed by atoms with E-state index < -0.39 is 0 Å². The Labute approximate surface area is 71.8 Å². The van der Waals surface area contributed by atoms with Crippen LogP contribution in [0.15, 0.2) is 0 Å². The van der Waals surface area contributed by atoms with Gasteiger partial charge in [-0.2, -0.15) is 4.37 Å². The summed E-state index contributed by atoms with van der Waals surface area (Å²) < 4.78 is 4.29. The van der Waals surface area contributed by atoms with E-state index in [1.54, 1.807) is 0 Å². The first kappa shape index (κ1) is 8.65. The first-order chi connectivity index (χ1) is 5.04. The third-order valence-corrected chi connectivity index (χ3v) is 2.30. The van der Waals surface area contributed by atoms with Gasteiger partial charge in [0.2, 0.25) is 0 Å². The number of aromatic nitrogens is 2. The minimum absolute atomic E-state index is 0.101. The monoisotopic (exact) mass is 170 g/mol. The average molecular weight is 170 g/mol. The van der Waals surface area contributed by atoms with Gasteiger partial charge >= 0.3 is 0 Å². The standard InChI is InChI=1S/C8H14N2S/c1-5-6-9-7(10-11-6)8(2,3)4/h5H2,1-4H3. The van der Waals surface area contributed by atoms with Crippen LogP contribution >= 0.6 is 11.5 Å². The Hall–Kier alpha value is -0.440. The van der Waals surface area contributed by atoms with E-state index in [9.17, 15) is 0 Å². The molecule has 2 nitrogen and oxygen atoms in total. The fourth-order valence-electron chi connectivity index (χ4n) is 0.703. The lowest BCUT2D eigenvalue weighted by Gasteiger charge is -2.12. The number of hydrogen-bond donors (Lipinski definition) is 0. The summed E-state index contributed by atoms with van der Waals surface area (Å²) in [5.41, 5.74) is 0.101. The van der Waals surface area contributed by atoms with Crippen molar-refractivity contribution in [1.82, 2.24) is 9.36 Å². The molecule has 0 aliphatic heterocycles. The van der Waals surface area contributed by atoms with Crippen LogP contribution in [0.4, 0.5) is 0 Å². The summed E-state index contributed by atoms with van der Waals surface area (Å²) in [5.74, 6) is 0.972. The fraction of sp³-hybridized carbons (Fsp3) is 0.750. The predicted octanol–water partition coefficient (Wildman–Crippen LogP) is 2.40. The lowest BCUT2D eigenvalue weighted by Crippen LogP contribution is -2.13. The Morgan fingerprint density at radius 3 is 2.27 bits per heavy atom. The van der Waals surface area contributed by atoms with E-state index in [1.165, 1.54) is 11.5 Å². The minimum atomic E-state index is 0.101. The molecular formula is C8H14N2S. The van der Waals surface area contributed by atoms with E-state index in [2.05, 4.69) is 37.1 Å². The highest BCUT2D eigenvalue weighted by atomic mass is 32.1. The van der Waals surface area contributed by atoms with E-state index >= 15 is 0 Å². The van der Waals surface area contributed by atoms with Gasteiger partial charge in [-0.3, -0.25) is 0 Å². The molecule has 0 radical (unpaired) electrons. The molecule has 0 aliphatic carbocycles. The van der Waals surface area contributed by atoms with Crippen molar-refractivity contribution >= 4 is 11.5 Å². The van der Waals surface area contributed by atoms with Gasteiger partial charge in [0.25, 0.3) is 0 Å². The van der Waals surface area contributed by atoms with Crippen LogP contribution in [0.25, 0.3) is 0 Å². The Bertz CT molecular complexity index is 234. The third kappa shape index (κ3) is 1.99. The van der Waals surface area contributed by atoms with E-state index in [-0.39, 0.29) is 5.41 Å². The molecule has 0 saturated heterocycles. The van der Waals surface area contributed by atoms with Gasteiger partial charge < -0.3 is 0 Å². The summed E-state index contributed by atoms with van der Waals surface area (Å²) >= 11 is 1.52. The lowest BCUT2D eigenvalue weighted by atomic mass is 9.96. The maximum atomic E-state index is 4.41. The Kier molecular flexibility index (Phi) is 2.28. The molecule has 0 fully saturated rings. The van der Waals surface area contributed by atoms with Crippen molar-refractivity contribution in [2.75, 3.05) is 0 Å². The van der Waals surface area contributed by atoms with Crippen molar-refractivity contribution in [3.8, 4) is 0 Å². The van der Waals surface area contributed by atoms with Crippen LogP contribution in [-0.4, -0.2) is 9.36 Å². The van der Waals surface area contributed by atoms with Gasteiger partial charge in [-0.05, 0) is 18.0 Å². The number of aryl methyl sites for hydroxylation is 1. The fourth-order valence-corrected chi connectivity index (χ4v) is 1.47. The van der Waals surface area contributed by atoms with E-state index in [4.69, 9.17) is 0 Å². The summed E-state index contributed by atoms with van der Waals surface area (Å²) in [6.45, 7) is 8.50. The van der Waals surface area contributed by atoms with E-state index in [0.29, 0.717) is 0 Å². The van der Waals surface area contributed by atoms with Crippen LogP contribution < -0.4 is 0 Å². The van der Waals surface area contributed by atoms with Crippen LogP contribution in [0.2, 0.25) is 0 Å². The van der Waals surface area contributed by atoms with Gasteiger partial charge in [0.15, 0.2) is 0 Å². The highest BCUT2D eigenvalue weighted by Crippen LogP contribution is 2.20. The molecule has 0 spiro atoms. The van der Waals surface area contributed by atoms with Crippen molar-refractivity contribution in [2.45, 2.75) is 39.5 Å². The second-order valence-corrected chi connectivity index (χ2v) is 4.45.